The number of hydrogen-bond acceptors (Lipinski definition) is 4. The van der Waals surface area contributed by atoms with Gasteiger partial charge in [0.15, 0.2) is 5.16 Å². The van der Waals surface area contributed by atoms with Crippen LogP contribution >= 0.6 is 11.8 Å². The van der Waals surface area contributed by atoms with Crippen molar-refractivity contribution < 1.29 is 0 Å². The molecule has 0 saturated heterocycles. The van der Waals surface area contributed by atoms with Gasteiger partial charge in [-0.3, -0.25) is 4.57 Å². The van der Waals surface area contributed by atoms with Gasteiger partial charge in [-0.25, -0.2) is 9.89 Å². The number of H-pyrrole nitrogens is 1. The molecule has 0 saturated carbocycles. The van der Waals surface area contributed by atoms with Gasteiger partial charge in [-0.15, -0.1) is 5.10 Å². The van der Waals surface area contributed by atoms with E-state index in [0.29, 0.717) is 11.7 Å². The quantitative estimate of drug-likeness (QED) is 0.772. The van der Waals surface area contributed by atoms with Crippen molar-refractivity contribution in [3.63, 3.8) is 0 Å². The Morgan fingerprint density at radius 2 is 2.19 bits per heavy atom. The lowest BCUT2D eigenvalue weighted by Gasteiger charge is -2.09. The Morgan fingerprint density at radius 1 is 1.38 bits per heavy atom. The van der Waals surface area contributed by atoms with Crippen LogP contribution in [0, 0.1) is 6.92 Å². The molecule has 114 valence electrons. The van der Waals surface area contributed by atoms with Gasteiger partial charge >= 0.3 is 5.69 Å². The summed E-state index contributed by atoms with van der Waals surface area (Å²) in [6.07, 6.45) is 1.14. The summed E-state index contributed by atoms with van der Waals surface area (Å²) in [7, 11) is 0. The molecule has 6 heteroatoms. The molecule has 1 aromatic carbocycles. The Balaban J connectivity index is 2.11. The predicted octanol–water partition coefficient (Wildman–Crippen LogP) is 2.55. The predicted molar refractivity (Wildman–Crippen MR) is 85.8 cm³/mol. The number of benzene rings is 1. The van der Waals surface area contributed by atoms with Gasteiger partial charge in [0.05, 0.1) is 0 Å². The van der Waals surface area contributed by atoms with Gasteiger partial charge in [0.25, 0.3) is 0 Å². The maximum atomic E-state index is 11.6. The molecule has 0 amide bonds. The summed E-state index contributed by atoms with van der Waals surface area (Å²) in [5.41, 5.74) is 2.41. The molecule has 0 unspecified atom stereocenters. The molecule has 1 aromatic heterocycles. The van der Waals surface area contributed by atoms with Crippen LogP contribution in [0.3, 0.4) is 0 Å². The molecule has 0 aliphatic rings. The smallest absolute Gasteiger partial charge is 0.313 e. The second-order valence-electron chi connectivity index (χ2n) is 4.92. The molecule has 5 nitrogen and oxygen atoms in total. The summed E-state index contributed by atoms with van der Waals surface area (Å²) in [6, 6.07) is 6.37. The van der Waals surface area contributed by atoms with Crippen LogP contribution in [0.1, 0.15) is 31.4 Å². The molecule has 2 N–H and O–H groups in total. The maximum Gasteiger partial charge on any atom is 0.343 e. The maximum absolute atomic E-state index is 11.6. The van der Waals surface area contributed by atoms with E-state index < -0.39 is 0 Å². The number of aromatic amines is 1. The lowest BCUT2D eigenvalue weighted by Crippen LogP contribution is -2.16. The van der Waals surface area contributed by atoms with Crippen LogP contribution in [0.15, 0.2) is 33.0 Å². The minimum Gasteiger partial charge on any atom is -0.313 e. The fourth-order valence-corrected chi connectivity index (χ4v) is 3.09. The Labute approximate surface area is 129 Å². The third-order valence-corrected chi connectivity index (χ3v) is 4.29. The molecule has 0 atom stereocenters. The summed E-state index contributed by atoms with van der Waals surface area (Å²) in [5, 5.41) is 10.7. The molecule has 0 fully saturated rings. The van der Waals surface area contributed by atoms with Crippen molar-refractivity contribution in [2.45, 2.75) is 50.3 Å². The number of aromatic nitrogens is 3. The first kappa shape index (κ1) is 15.9. The number of aryl methyl sites for hydroxylation is 1. The van der Waals surface area contributed by atoms with Gasteiger partial charge in [-0.2, -0.15) is 0 Å². The zero-order valence-corrected chi connectivity index (χ0v) is 13.6. The first-order valence-electron chi connectivity index (χ1n) is 7.29. The molecule has 2 rings (SSSR count). The zero-order chi connectivity index (χ0) is 15.2. The normalized spacial score (nSPS) is 11.0. The Kier molecular flexibility index (Phi) is 5.64. The minimum absolute atomic E-state index is 0.155. The number of nitrogens with one attached hydrogen (secondary N) is 2. The van der Waals surface area contributed by atoms with Crippen molar-refractivity contribution >= 4 is 11.8 Å². The van der Waals surface area contributed by atoms with E-state index in [1.165, 1.54) is 22.9 Å². The summed E-state index contributed by atoms with van der Waals surface area (Å²) >= 11 is 1.51. The second-order valence-corrected chi connectivity index (χ2v) is 5.96. The highest BCUT2D eigenvalue weighted by Gasteiger charge is 2.09. The molecular formula is C15H22N4OS. The molecule has 0 bridgehead atoms. The Hall–Kier alpha value is -1.53. The van der Waals surface area contributed by atoms with E-state index in [4.69, 9.17) is 0 Å². The van der Waals surface area contributed by atoms with E-state index in [1.54, 1.807) is 4.57 Å². The topological polar surface area (TPSA) is 62.7 Å². The number of rotatable bonds is 7. The first-order valence-corrected chi connectivity index (χ1v) is 8.10. The number of hydrogen-bond donors (Lipinski definition) is 2. The summed E-state index contributed by atoms with van der Waals surface area (Å²) in [4.78, 5) is 12.6. The monoisotopic (exact) mass is 306 g/mol. The van der Waals surface area contributed by atoms with Crippen LogP contribution in [0.4, 0.5) is 0 Å². The van der Waals surface area contributed by atoms with Crippen LogP contribution in [-0.2, 0) is 13.1 Å². The molecule has 0 aliphatic carbocycles. The van der Waals surface area contributed by atoms with Crippen LogP contribution in [0.2, 0.25) is 0 Å². The van der Waals surface area contributed by atoms with Crippen molar-refractivity contribution in [1.82, 2.24) is 20.1 Å². The average Bonchev–Trinajstić information content (AvgIpc) is 2.81. The largest absolute Gasteiger partial charge is 0.343 e. The van der Waals surface area contributed by atoms with E-state index in [-0.39, 0.29) is 5.69 Å². The van der Waals surface area contributed by atoms with Crippen molar-refractivity contribution in [2.24, 2.45) is 0 Å². The van der Waals surface area contributed by atoms with Crippen LogP contribution in [0.5, 0.6) is 0 Å². The van der Waals surface area contributed by atoms with Gasteiger partial charge < -0.3 is 5.32 Å². The van der Waals surface area contributed by atoms with Crippen molar-refractivity contribution in [3.05, 3.63) is 39.8 Å². The van der Waals surface area contributed by atoms with E-state index in [2.05, 4.69) is 47.6 Å². The van der Waals surface area contributed by atoms with Gasteiger partial charge in [0.2, 0.25) is 0 Å². The van der Waals surface area contributed by atoms with E-state index >= 15 is 0 Å². The lowest BCUT2D eigenvalue weighted by atomic mass is 10.1. The van der Waals surface area contributed by atoms with E-state index in [1.807, 2.05) is 6.92 Å². The molecule has 0 spiro atoms. The molecule has 2 aromatic rings. The van der Waals surface area contributed by atoms with Gasteiger partial charge in [0.1, 0.15) is 0 Å². The Bertz CT molecular complexity index is 647. The fourth-order valence-electron chi connectivity index (χ4n) is 2.10. The number of nitrogens with zero attached hydrogens (tertiary/aromatic N) is 2. The van der Waals surface area contributed by atoms with Crippen molar-refractivity contribution in [2.75, 3.05) is 6.54 Å². The Morgan fingerprint density at radius 3 is 2.86 bits per heavy atom. The highest BCUT2D eigenvalue weighted by Crippen LogP contribution is 2.26. The lowest BCUT2D eigenvalue weighted by molar-refractivity contribution is 0.660. The third kappa shape index (κ3) is 3.98. The van der Waals surface area contributed by atoms with Crippen LogP contribution in [0.25, 0.3) is 0 Å². The standard InChI is InChI=1S/C15H22N4OS/c1-4-8-16-10-12-6-7-13(9-11(12)3)21-15-18-17-14(20)19(15)5-2/h6-7,9,16H,4-5,8,10H2,1-3H3,(H,17,20). The zero-order valence-electron chi connectivity index (χ0n) is 12.8. The fraction of sp³-hybridized carbons (Fsp3) is 0.467. The highest BCUT2D eigenvalue weighted by molar-refractivity contribution is 7.99. The van der Waals surface area contributed by atoms with Crippen LogP contribution in [-0.4, -0.2) is 21.3 Å². The third-order valence-electron chi connectivity index (χ3n) is 3.30. The first-order chi connectivity index (χ1) is 10.2. The summed E-state index contributed by atoms with van der Waals surface area (Å²) in [6.45, 7) is 8.77. The van der Waals surface area contributed by atoms with Gasteiger partial charge in [-0.1, -0.05) is 13.0 Å². The minimum atomic E-state index is -0.155. The second kappa shape index (κ2) is 7.47. The van der Waals surface area contributed by atoms with Gasteiger partial charge in [-0.05, 0) is 61.8 Å². The van der Waals surface area contributed by atoms with Crippen LogP contribution < -0.4 is 11.0 Å². The summed E-state index contributed by atoms with van der Waals surface area (Å²) in [5.74, 6) is 0. The SMILES string of the molecule is CCCNCc1ccc(Sc2n[nH]c(=O)n2CC)cc1C. The van der Waals surface area contributed by atoms with E-state index in [9.17, 15) is 4.79 Å². The van der Waals surface area contributed by atoms with E-state index in [0.717, 1.165) is 24.4 Å². The molecule has 21 heavy (non-hydrogen) atoms. The molecule has 0 radical (unpaired) electrons. The molecular weight excluding hydrogens is 284 g/mol. The van der Waals surface area contributed by atoms with Crippen molar-refractivity contribution in [1.29, 1.82) is 0 Å². The summed E-state index contributed by atoms with van der Waals surface area (Å²) < 4.78 is 1.64. The molecule has 1 heterocycles. The average molecular weight is 306 g/mol. The van der Waals surface area contributed by atoms with Crippen molar-refractivity contribution in [3.8, 4) is 0 Å². The van der Waals surface area contributed by atoms with Gasteiger partial charge in [0, 0.05) is 18.0 Å². The molecule has 0 aliphatic heterocycles. The highest BCUT2D eigenvalue weighted by atomic mass is 32.2.